The normalized spacial score (nSPS) is 28.3. The van der Waals surface area contributed by atoms with Crippen molar-refractivity contribution in [3.8, 4) is 0 Å². The highest BCUT2D eigenvalue weighted by molar-refractivity contribution is 5.76. The van der Waals surface area contributed by atoms with E-state index in [-0.39, 0.29) is 18.9 Å². The molecule has 358 valence electrons. The Kier molecular flexibility index (Phi) is 31.5. The number of amides is 1. The first-order chi connectivity index (χ1) is 30.1. The molecular formula is C48H83NO13. The van der Waals surface area contributed by atoms with Crippen LogP contribution < -0.4 is 5.32 Å². The van der Waals surface area contributed by atoms with Crippen LogP contribution >= 0.6 is 0 Å². The average Bonchev–Trinajstić information content (AvgIpc) is 3.27. The van der Waals surface area contributed by atoms with E-state index in [0.29, 0.717) is 19.3 Å². The van der Waals surface area contributed by atoms with Crippen LogP contribution in [0.25, 0.3) is 0 Å². The Morgan fingerprint density at radius 1 is 0.597 bits per heavy atom. The summed E-state index contributed by atoms with van der Waals surface area (Å²) in [6.45, 7) is 2.65. The predicted molar refractivity (Wildman–Crippen MR) is 240 cm³/mol. The topological polar surface area (TPSA) is 228 Å². The summed E-state index contributed by atoms with van der Waals surface area (Å²) in [5, 5.41) is 86.6. The molecule has 12 atom stereocenters. The molecule has 62 heavy (non-hydrogen) atoms. The Balaban J connectivity index is 1.89. The molecule has 0 saturated carbocycles. The van der Waals surface area contributed by atoms with Gasteiger partial charge < -0.3 is 65.1 Å². The maximum atomic E-state index is 13.1. The van der Waals surface area contributed by atoms with Crippen molar-refractivity contribution in [1.82, 2.24) is 5.32 Å². The number of carbonyl (C=O) groups is 1. The number of aliphatic hydroxyl groups is 8. The van der Waals surface area contributed by atoms with Crippen LogP contribution in [0.1, 0.15) is 142 Å². The van der Waals surface area contributed by atoms with Crippen molar-refractivity contribution in [1.29, 1.82) is 0 Å². The van der Waals surface area contributed by atoms with Crippen molar-refractivity contribution >= 4 is 5.91 Å². The third kappa shape index (κ3) is 22.5. The third-order valence-electron chi connectivity index (χ3n) is 11.2. The third-order valence-corrected chi connectivity index (χ3v) is 11.2. The maximum Gasteiger partial charge on any atom is 0.220 e. The van der Waals surface area contributed by atoms with E-state index >= 15 is 0 Å². The Hall–Kier alpha value is -2.31. The molecule has 0 bridgehead atoms. The molecule has 0 aliphatic carbocycles. The number of ether oxygens (including phenoxy) is 4. The minimum atomic E-state index is -1.79. The quantitative estimate of drug-likeness (QED) is 0.0304. The summed E-state index contributed by atoms with van der Waals surface area (Å²) in [7, 11) is 0. The van der Waals surface area contributed by atoms with Crippen molar-refractivity contribution in [3.63, 3.8) is 0 Å². The van der Waals surface area contributed by atoms with Crippen LogP contribution in [0.3, 0.4) is 0 Å². The molecule has 9 N–H and O–H groups in total. The van der Waals surface area contributed by atoms with Gasteiger partial charge in [0, 0.05) is 6.42 Å². The van der Waals surface area contributed by atoms with Gasteiger partial charge in [0.2, 0.25) is 5.91 Å². The molecule has 14 nitrogen and oxygen atoms in total. The summed E-state index contributed by atoms with van der Waals surface area (Å²) in [6.07, 6.45) is 23.8. The Morgan fingerprint density at radius 2 is 1.10 bits per heavy atom. The first-order valence-electron chi connectivity index (χ1n) is 23.5. The molecule has 2 heterocycles. The monoisotopic (exact) mass is 882 g/mol. The van der Waals surface area contributed by atoms with Gasteiger partial charge in [-0.05, 0) is 51.4 Å². The first kappa shape index (κ1) is 55.8. The first-order valence-corrected chi connectivity index (χ1v) is 23.5. The standard InChI is InChI=1S/C48H83NO13/c1-3-5-7-9-11-13-15-16-17-18-19-20-22-24-26-28-30-32-40(53)49-36(37(52)31-29-27-25-23-21-14-12-10-8-6-4-2)35-59-47-45(58)43(56)46(39(34-51)61-47)62-48-44(57)42(55)41(54)38(33-50)60-48/h5,7,11,13,16-17,19-20,24,26,36-39,41-48,50-52,54-58H,3-4,6,8-10,12,14-15,18,21-23,25,27-35H2,1-2H3,(H,49,53)/b7-5-,13-11-,17-16-,20-19-,26-24-. The fourth-order valence-electron chi connectivity index (χ4n) is 7.39. The molecule has 0 aromatic rings. The minimum Gasteiger partial charge on any atom is -0.394 e. The van der Waals surface area contributed by atoms with E-state index in [1.54, 1.807) is 0 Å². The number of hydrogen-bond acceptors (Lipinski definition) is 13. The summed E-state index contributed by atoms with van der Waals surface area (Å²) in [5.41, 5.74) is 0. The maximum absolute atomic E-state index is 13.1. The lowest BCUT2D eigenvalue weighted by Crippen LogP contribution is -2.65. The number of unbranched alkanes of at least 4 members (excludes halogenated alkanes) is 11. The number of nitrogens with one attached hydrogen (secondary N) is 1. The van der Waals surface area contributed by atoms with Crippen molar-refractivity contribution in [2.75, 3.05) is 19.8 Å². The van der Waals surface area contributed by atoms with Gasteiger partial charge in [-0.25, -0.2) is 0 Å². The fourth-order valence-corrected chi connectivity index (χ4v) is 7.39. The zero-order chi connectivity index (χ0) is 45.4. The van der Waals surface area contributed by atoms with Crippen LogP contribution in [0.5, 0.6) is 0 Å². The Bertz CT molecular complexity index is 1270. The fraction of sp³-hybridized carbons (Fsp3) is 0.771. The van der Waals surface area contributed by atoms with Gasteiger partial charge >= 0.3 is 0 Å². The lowest BCUT2D eigenvalue weighted by Gasteiger charge is -2.46. The van der Waals surface area contributed by atoms with E-state index in [1.165, 1.54) is 44.9 Å². The molecule has 0 radical (unpaired) electrons. The van der Waals surface area contributed by atoms with E-state index in [0.717, 1.165) is 57.8 Å². The smallest absolute Gasteiger partial charge is 0.220 e. The van der Waals surface area contributed by atoms with E-state index in [2.05, 4.69) is 73.8 Å². The highest BCUT2D eigenvalue weighted by Crippen LogP contribution is 2.30. The highest BCUT2D eigenvalue weighted by atomic mass is 16.7. The summed E-state index contributed by atoms with van der Waals surface area (Å²) in [4.78, 5) is 13.1. The Morgan fingerprint density at radius 3 is 1.65 bits per heavy atom. The van der Waals surface area contributed by atoms with Crippen LogP contribution in [-0.4, -0.2) is 140 Å². The second-order valence-electron chi connectivity index (χ2n) is 16.5. The van der Waals surface area contributed by atoms with E-state index in [1.807, 2.05) is 6.08 Å². The van der Waals surface area contributed by atoms with Crippen LogP contribution in [0.15, 0.2) is 60.8 Å². The van der Waals surface area contributed by atoms with E-state index < -0.39 is 86.8 Å². The molecule has 2 rings (SSSR count). The lowest BCUT2D eigenvalue weighted by atomic mass is 9.97. The molecule has 2 fully saturated rings. The molecule has 12 unspecified atom stereocenters. The number of allylic oxidation sites excluding steroid dienone is 10. The highest BCUT2D eigenvalue weighted by Gasteiger charge is 2.51. The lowest BCUT2D eigenvalue weighted by molar-refractivity contribution is -0.359. The molecule has 1 amide bonds. The zero-order valence-corrected chi connectivity index (χ0v) is 37.6. The molecule has 0 aromatic heterocycles. The molecule has 0 aromatic carbocycles. The molecule has 2 aliphatic heterocycles. The minimum absolute atomic E-state index is 0.223. The van der Waals surface area contributed by atoms with Crippen molar-refractivity contribution in [2.24, 2.45) is 0 Å². The number of aliphatic hydroxyl groups excluding tert-OH is 8. The van der Waals surface area contributed by atoms with Gasteiger partial charge in [-0.1, -0.05) is 145 Å². The molecule has 14 heteroatoms. The molecule has 2 aliphatic rings. The molecule has 2 saturated heterocycles. The Labute approximate surface area is 371 Å². The van der Waals surface area contributed by atoms with Gasteiger partial charge in [-0.15, -0.1) is 0 Å². The average molecular weight is 882 g/mol. The van der Waals surface area contributed by atoms with Gasteiger partial charge in [-0.2, -0.15) is 0 Å². The molecule has 0 spiro atoms. The number of hydrogen-bond donors (Lipinski definition) is 9. The van der Waals surface area contributed by atoms with Crippen LogP contribution in [0.4, 0.5) is 0 Å². The van der Waals surface area contributed by atoms with Gasteiger partial charge in [0.1, 0.15) is 48.8 Å². The van der Waals surface area contributed by atoms with Crippen LogP contribution in [-0.2, 0) is 23.7 Å². The summed E-state index contributed by atoms with van der Waals surface area (Å²) >= 11 is 0. The summed E-state index contributed by atoms with van der Waals surface area (Å²) in [6, 6.07) is -0.858. The largest absolute Gasteiger partial charge is 0.394 e. The summed E-state index contributed by atoms with van der Waals surface area (Å²) in [5.74, 6) is -0.268. The van der Waals surface area contributed by atoms with Gasteiger partial charge in [0.15, 0.2) is 12.6 Å². The van der Waals surface area contributed by atoms with E-state index in [4.69, 9.17) is 18.9 Å². The molecular weight excluding hydrogens is 799 g/mol. The van der Waals surface area contributed by atoms with Gasteiger partial charge in [0.05, 0.1) is 32.0 Å². The SMILES string of the molecule is CC/C=C\C/C=C\C/C=C\C/C=C\C/C=C\CCCC(=O)NC(COC1OC(CO)C(OC2OC(CO)C(O)C(O)C2O)C(O)C1O)C(O)CCCCCCCCCCCCC. The predicted octanol–water partition coefficient (Wildman–Crippen LogP) is 5.10. The van der Waals surface area contributed by atoms with Gasteiger partial charge in [-0.3, -0.25) is 4.79 Å². The summed E-state index contributed by atoms with van der Waals surface area (Å²) < 4.78 is 22.6. The second kappa shape index (κ2) is 35.0. The van der Waals surface area contributed by atoms with Gasteiger partial charge in [0.25, 0.3) is 0 Å². The van der Waals surface area contributed by atoms with Crippen LogP contribution in [0, 0.1) is 0 Å². The van der Waals surface area contributed by atoms with Crippen molar-refractivity contribution in [3.05, 3.63) is 60.8 Å². The number of carbonyl (C=O) groups excluding carboxylic acids is 1. The number of rotatable bonds is 34. The van der Waals surface area contributed by atoms with E-state index in [9.17, 15) is 45.6 Å². The second-order valence-corrected chi connectivity index (χ2v) is 16.5. The van der Waals surface area contributed by atoms with Crippen molar-refractivity contribution < 1.29 is 64.6 Å². The van der Waals surface area contributed by atoms with Crippen LogP contribution in [0.2, 0.25) is 0 Å². The van der Waals surface area contributed by atoms with Crippen molar-refractivity contribution in [2.45, 2.75) is 216 Å². The zero-order valence-electron chi connectivity index (χ0n) is 37.6.